The zero-order chi connectivity index (χ0) is 11.7. The Morgan fingerprint density at radius 2 is 2.38 bits per heavy atom. The highest BCUT2D eigenvalue weighted by Crippen LogP contribution is 2.20. The Balaban J connectivity index is 2.00. The van der Waals surface area contributed by atoms with Gasteiger partial charge in [-0.25, -0.2) is 0 Å². The van der Waals surface area contributed by atoms with E-state index in [2.05, 4.69) is 15.1 Å². The maximum atomic E-state index is 10.8. The second-order valence-corrected chi connectivity index (χ2v) is 4.47. The van der Waals surface area contributed by atoms with E-state index >= 15 is 0 Å². The van der Waals surface area contributed by atoms with Crippen LogP contribution < -0.4 is 0 Å². The third kappa shape index (κ3) is 2.09. The normalized spacial score (nSPS) is 21.5. The van der Waals surface area contributed by atoms with Crippen molar-refractivity contribution >= 4 is 5.97 Å². The molecule has 0 bridgehead atoms. The van der Waals surface area contributed by atoms with E-state index in [9.17, 15) is 4.79 Å². The van der Waals surface area contributed by atoms with Crippen LogP contribution in [-0.4, -0.2) is 39.3 Å². The first-order valence-electron chi connectivity index (χ1n) is 5.53. The number of rotatable bonds is 3. The number of hydrogen-bond donors (Lipinski definition) is 2. The predicted octanol–water partition coefficient (Wildman–Crippen LogP) is 0.933. The predicted molar refractivity (Wildman–Crippen MR) is 59.1 cm³/mol. The maximum Gasteiger partial charge on any atom is 0.307 e. The first-order chi connectivity index (χ1) is 7.58. The van der Waals surface area contributed by atoms with Crippen molar-refractivity contribution in [3.8, 4) is 0 Å². The van der Waals surface area contributed by atoms with Crippen molar-refractivity contribution < 1.29 is 9.90 Å². The molecule has 5 heteroatoms. The Bertz CT molecular complexity index is 380. The van der Waals surface area contributed by atoms with Gasteiger partial charge in [-0.2, -0.15) is 5.10 Å². The van der Waals surface area contributed by atoms with Crippen LogP contribution in [0, 0.1) is 19.8 Å². The Labute approximate surface area is 94.5 Å². The molecule has 2 heterocycles. The highest BCUT2D eigenvalue weighted by Gasteiger charge is 2.28. The van der Waals surface area contributed by atoms with Crippen LogP contribution >= 0.6 is 0 Å². The molecule has 88 valence electrons. The van der Waals surface area contributed by atoms with Crippen LogP contribution in [0.1, 0.15) is 23.4 Å². The molecule has 1 aliphatic rings. The lowest BCUT2D eigenvalue weighted by atomic mass is 10.1. The van der Waals surface area contributed by atoms with E-state index in [1.165, 1.54) is 5.56 Å². The van der Waals surface area contributed by atoms with Gasteiger partial charge in [0.15, 0.2) is 0 Å². The number of aryl methyl sites for hydroxylation is 2. The molecule has 1 saturated heterocycles. The maximum absolute atomic E-state index is 10.8. The number of carboxylic acid groups (broad SMARTS) is 1. The zero-order valence-corrected chi connectivity index (χ0v) is 9.66. The van der Waals surface area contributed by atoms with Crippen molar-refractivity contribution in [2.24, 2.45) is 5.92 Å². The van der Waals surface area contributed by atoms with Crippen molar-refractivity contribution in [1.82, 2.24) is 15.1 Å². The minimum atomic E-state index is -0.678. The summed E-state index contributed by atoms with van der Waals surface area (Å²) in [7, 11) is 0. The standard InChI is InChI=1S/C11H17N3O2/c1-7-10(8(2)13-12-7)6-14-4-3-9(5-14)11(15)16/h9H,3-6H2,1-2H3,(H,12,13)(H,15,16)/t9-/m0/s1. The molecule has 0 radical (unpaired) electrons. The van der Waals surface area contributed by atoms with Crippen molar-refractivity contribution in [2.45, 2.75) is 26.8 Å². The Morgan fingerprint density at radius 3 is 2.88 bits per heavy atom. The fourth-order valence-electron chi connectivity index (χ4n) is 2.21. The highest BCUT2D eigenvalue weighted by atomic mass is 16.4. The third-order valence-corrected chi connectivity index (χ3v) is 3.28. The lowest BCUT2D eigenvalue weighted by Crippen LogP contribution is -2.23. The smallest absolute Gasteiger partial charge is 0.307 e. The first-order valence-corrected chi connectivity index (χ1v) is 5.53. The van der Waals surface area contributed by atoms with Gasteiger partial charge >= 0.3 is 5.97 Å². The summed E-state index contributed by atoms with van der Waals surface area (Å²) >= 11 is 0. The molecule has 0 unspecified atom stereocenters. The van der Waals surface area contributed by atoms with E-state index in [-0.39, 0.29) is 5.92 Å². The van der Waals surface area contributed by atoms with Crippen LogP contribution in [0.4, 0.5) is 0 Å². The fourth-order valence-corrected chi connectivity index (χ4v) is 2.21. The Kier molecular flexibility index (Phi) is 2.96. The monoisotopic (exact) mass is 223 g/mol. The number of aliphatic carboxylic acids is 1. The molecule has 0 aromatic carbocycles. The van der Waals surface area contributed by atoms with Crippen molar-refractivity contribution in [2.75, 3.05) is 13.1 Å². The van der Waals surface area contributed by atoms with Gasteiger partial charge in [0.2, 0.25) is 0 Å². The average Bonchev–Trinajstić information content (AvgIpc) is 2.80. The lowest BCUT2D eigenvalue weighted by Gasteiger charge is -2.15. The van der Waals surface area contributed by atoms with Crippen LogP contribution in [0.3, 0.4) is 0 Å². The van der Waals surface area contributed by atoms with Gasteiger partial charge in [0.05, 0.1) is 11.6 Å². The van der Waals surface area contributed by atoms with Crippen LogP contribution in [0.5, 0.6) is 0 Å². The van der Waals surface area contributed by atoms with Crippen molar-refractivity contribution in [3.05, 3.63) is 17.0 Å². The van der Waals surface area contributed by atoms with Crippen molar-refractivity contribution in [3.63, 3.8) is 0 Å². The molecule has 0 aliphatic carbocycles. The van der Waals surface area contributed by atoms with E-state index in [0.717, 1.165) is 30.9 Å². The quantitative estimate of drug-likeness (QED) is 0.800. The van der Waals surface area contributed by atoms with Gasteiger partial charge in [-0.3, -0.25) is 14.8 Å². The van der Waals surface area contributed by atoms with E-state index in [4.69, 9.17) is 5.11 Å². The number of likely N-dealkylation sites (tertiary alicyclic amines) is 1. The summed E-state index contributed by atoms with van der Waals surface area (Å²) in [6.45, 7) is 6.29. The van der Waals surface area contributed by atoms with Crippen LogP contribution in [0.2, 0.25) is 0 Å². The molecule has 1 aromatic heterocycles. The van der Waals surface area contributed by atoms with Gasteiger partial charge < -0.3 is 5.11 Å². The number of carboxylic acids is 1. The summed E-state index contributed by atoms with van der Waals surface area (Å²) in [6, 6.07) is 0. The topological polar surface area (TPSA) is 69.2 Å². The molecule has 0 saturated carbocycles. The number of aromatic nitrogens is 2. The molecular weight excluding hydrogens is 206 g/mol. The lowest BCUT2D eigenvalue weighted by molar-refractivity contribution is -0.141. The van der Waals surface area contributed by atoms with E-state index in [1.807, 2.05) is 13.8 Å². The number of hydrogen-bond acceptors (Lipinski definition) is 3. The van der Waals surface area contributed by atoms with Gasteiger partial charge in [0, 0.05) is 24.3 Å². The number of aromatic amines is 1. The molecule has 5 nitrogen and oxygen atoms in total. The van der Waals surface area contributed by atoms with Gasteiger partial charge in [0.25, 0.3) is 0 Å². The second-order valence-electron chi connectivity index (χ2n) is 4.47. The molecule has 16 heavy (non-hydrogen) atoms. The van der Waals surface area contributed by atoms with E-state index in [0.29, 0.717) is 6.54 Å². The minimum absolute atomic E-state index is 0.201. The summed E-state index contributed by atoms with van der Waals surface area (Å²) in [5.74, 6) is -0.879. The van der Waals surface area contributed by atoms with Gasteiger partial charge in [-0.15, -0.1) is 0 Å². The molecule has 1 aromatic rings. The van der Waals surface area contributed by atoms with Gasteiger partial charge in [0.1, 0.15) is 0 Å². The minimum Gasteiger partial charge on any atom is -0.481 e. The fraction of sp³-hybridized carbons (Fsp3) is 0.636. The number of nitrogens with zero attached hydrogens (tertiary/aromatic N) is 2. The highest BCUT2D eigenvalue weighted by molar-refractivity contribution is 5.70. The Morgan fingerprint density at radius 1 is 1.62 bits per heavy atom. The Hall–Kier alpha value is -1.36. The van der Waals surface area contributed by atoms with Crippen molar-refractivity contribution in [1.29, 1.82) is 0 Å². The molecular formula is C11H17N3O2. The average molecular weight is 223 g/mol. The van der Waals surface area contributed by atoms with Gasteiger partial charge in [-0.05, 0) is 26.8 Å². The third-order valence-electron chi connectivity index (χ3n) is 3.28. The molecule has 2 N–H and O–H groups in total. The van der Waals surface area contributed by atoms with Crippen LogP contribution in [0.25, 0.3) is 0 Å². The summed E-state index contributed by atoms with van der Waals surface area (Å²) < 4.78 is 0. The van der Waals surface area contributed by atoms with Gasteiger partial charge in [-0.1, -0.05) is 0 Å². The SMILES string of the molecule is Cc1n[nH]c(C)c1CN1CC[C@H](C(=O)O)C1. The summed E-state index contributed by atoms with van der Waals surface area (Å²) in [4.78, 5) is 13.0. The molecule has 0 amide bonds. The van der Waals surface area contributed by atoms with E-state index in [1.54, 1.807) is 0 Å². The molecule has 1 atom stereocenters. The molecule has 0 spiro atoms. The van der Waals surface area contributed by atoms with Crippen LogP contribution in [0.15, 0.2) is 0 Å². The largest absolute Gasteiger partial charge is 0.481 e. The first kappa shape index (κ1) is 11.1. The zero-order valence-electron chi connectivity index (χ0n) is 9.66. The molecule has 2 rings (SSSR count). The number of carbonyl (C=O) groups is 1. The molecule has 1 aliphatic heterocycles. The molecule has 1 fully saturated rings. The van der Waals surface area contributed by atoms with E-state index < -0.39 is 5.97 Å². The summed E-state index contributed by atoms with van der Waals surface area (Å²) in [5, 5.41) is 16.0. The summed E-state index contributed by atoms with van der Waals surface area (Å²) in [5.41, 5.74) is 3.29. The number of H-pyrrole nitrogens is 1. The summed E-state index contributed by atoms with van der Waals surface area (Å²) in [6.07, 6.45) is 0.755. The van der Waals surface area contributed by atoms with Crippen LogP contribution in [-0.2, 0) is 11.3 Å². The second kappa shape index (κ2) is 4.25. The number of nitrogens with one attached hydrogen (secondary N) is 1.